The van der Waals surface area contributed by atoms with Gasteiger partial charge < -0.3 is 14.8 Å². The molecule has 7 heteroatoms. The molecule has 0 unspecified atom stereocenters. The number of primary sulfonamides is 1. The molecule has 0 atom stereocenters. The van der Waals surface area contributed by atoms with E-state index in [-0.39, 0.29) is 5.75 Å². The zero-order chi connectivity index (χ0) is 14.3. The van der Waals surface area contributed by atoms with E-state index in [1.54, 1.807) is 7.11 Å². The first kappa shape index (κ1) is 15.7. The average molecular weight is 288 g/mol. The Morgan fingerprint density at radius 2 is 2.11 bits per heavy atom. The molecular weight excluding hydrogens is 268 g/mol. The second kappa shape index (κ2) is 7.32. The minimum absolute atomic E-state index is 0.0968. The van der Waals surface area contributed by atoms with Crippen LogP contribution in [0.2, 0.25) is 0 Å². The third kappa shape index (κ3) is 5.46. The summed E-state index contributed by atoms with van der Waals surface area (Å²) >= 11 is 0. The molecule has 1 aromatic rings. The number of ether oxygens (including phenoxy) is 2. The second-order valence-electron chi connectivity index (χ2n) is 3.93. The maximum Gasteiger partial charge on any atom is 0.210 e. The van der Waals surface area contributed by atoms with E-state index in [0.717, 1.165) is 5.56 Å². The topological polar surface area (TPSA) is 90.6 Å². The van der Waals surface area contributed by atoms with Gasteiger partial charge in [-0.15, -0.1) is 0 Å². The summed E-state index contributed by atoms with van der Waals surface area (Å²) in [7, 11) is -1.85. The third-order valence-corrected chi connectivity index (χ3v) is 3.22. The Balaban J connectivity index is 2.65. The number of sulfonamides is 1. The van der Waals surface area contributed by atoms with Gasteiger partial charge in [-0.05, 0) is 13.0 Å². The van der Waals surface area contributed by atoms with E-state index in [4.69, 9.17) is 14.6 Å². The van der Waals surface area contributed by atoms with E-state index < -0.39 is 10.0 Å². The molecule has 3 N–H and O–H groups in total. The van der Waals surface area contributed by atoms with Crippen LogP contribution in [0, 0.1) is 0 Å². The van der Waals surface area contributed by atoms with Gasteiger partial charge in [0.2, 0.25) is 10.0 Å². The summed E-state index contributed by atoms with van der Waals surface area (Å²) in [6, 6.07) is 5.59. The van der Waals surface area contributed by atoms with E-state index in [1.807, 2.05) is 25.1 Å². The quantitative estimate of drug-likeness (QED) is 0.679. The standard InChI is InChI=1S/C12H20N2O4S/c1-3-18-11-6-4-5-10(12(11)17-2)9-14-7-8-19(13,15)16/h4-6,14H,3,7-9H2,1-2H3,(H2,13,15,16). The summed E-state index contributed by atoms with van der Waals surface area (Å²) in [6.45, 7) is 3.23. The van der Waals surface area contributed by atoms with Gasteiger partial charge in [0, 0.05) is 18.7 Å². The van der Waals surface area contributed by atoms with E-state index in [9.17, 15) is 8.42 Å². The van der Waals surface area contributed by atoms with Crippen molar-refractivity contribution >= 4 is 10.0 Å². The molecule has 108 valence electrons. The van der Waals surface area contributed by atoms with Gasteiger partial charge in [-0.25, -0.2) is 13.6 Å². The van der Waals surface area contributed by atoms with Crippen molar-refractivity contribution in [2.75, 3.05) is 26.0 Å². The molecule has 19 heavy (non-hydrogen) atoms. The van der Waals surface area contributed by atoms with Crippen LogP contribution in [0.1, 0.15) is 12.5 Å². The predicted molar refractivity (Wildman–Crippen MR) is 73.8 cm³/mol. The fourth-order valence-corrected chi connectivity index (χ4v) is 2.07. The van der Waals surface area contributed by atoms with Crippen molar-refractivity contribution in [2.24, 2.45) is 5.14 Å². The minimum atomic E-state index is -3.43. The molecular formula is C12H20N2O4S. The number of hydrogen-bond acceptors (Lipinski definition) is 5. The summed E-state index contributed by atoms with van der Waals surface area (Å²) in [6.07, 6.45) is 0. The Bertz CT molecular complexity index is 502. The zero-order valence-corrected chi connectivity index (χ0v) is 12.0. The molecule has 0 saturated heterocycles. The van der Waals surface area contributed by atoms with Crippen LogP contribution < -0.4 is 19.9 Å². The van der Waals surface area contributed by atoms with E-state index in [0.29, 0.717) is 31.2 Å². The third-order valence-electron chi connectivity index (χ3n) is 2.44. The van der Waals surface area contributed by atoms with Gasteiger partial charge >= 0.3 is 0 Å². The van der Waals surface area contributed by atoms with Crippen molar-refractivity contribution in [2.45, 2.75) is 13.5 Å². The molecule has 0 saturated carbocycles. The SMILES string of the molecule is CCOc1cccc(CNCCS(N)(=O)=O)c1OC. The zero-order valence-electron chi connectivity index (χ0n) is 11.2. The van der Waals surface area contributed by atoms with Crippen LogP contribution in [0.4, 0.5) is 0 Å². The second-order valence-corrected chi connectivity index (χ2v) is 5.66. The molecule has 0 aliphatic carbocycles. The Labute approximate surface area is 113 Å². The van der Waals surface area contributed by atoms with E-state index >= 15 is 0 Å². The Morgan fingerprint density at radius 3 is 2.68 bits per heavy atom. The molecule has 6 nitrogen and oxygen atoms in total. The highest BCUT2D eigenvalue weighted by Crippen LogP contribution is 2.30. The lowest BCUT2D eigenvalue weighted by Crippen LogP contribution is -2.26. The molecule has 1 aromatic carbocycles. The van der Waals surface area contributed by atoms with Crippen molar-refractivity contribution in [3.8, 4) is 11.5 Å². The van der Waals surface area contributed by atoms with Gasteiger partial charge in [0.1, 0.15) is 0 Å². The minimum Gasteiger partial charge on any atom is -0.493 e. The maximum absolute atomic E-state index is 10.8. The van der Waals surface area contributed by atoms with Crippen LogP contribution in [0.5, 0.6) is 11.5 Å². The summed E-state index contributed by atoms with van der Waals surface area (Å²) in [4.78, 5) is 0. The average Bonchev–Trinajstić information content (AvgIpc) is 2.34. The van der Waals surface area contributed by atoms with Crippen LogP contribution in [0.25, 0.3) is 0 Å². The molecule has 0 amide bonds. The summed E-state index contributed by atoms with van der Waals surface area (Å²) in [5.74, 6) is 1.24. The molecule has 0 bridgehead atoms. The van der Waals surface area contributed by atoms with Crippen molar-refractivity contribution in [3.63, 3.8) is 0 Å². The van der Waals surface area contributed by atoms with Crippen LogP contribution >= 0.6 is 0 Å². The fourth-order valence-electron chi connectivity index (χ4n) is 1.64. The first-order valence-electron chi connectivity index (χ1n) is 5.97. The van der Waals surface area contributed by atoms with Gasteiger partial charge in [0.25, 0.3) is 0 Å². The number of nitrogens with two attached hydrogens (primary N) is 1. The molecule has 0 aromatic heterocycles. The van der Waals surface area contributed by atoms with E-state index in [2.05, 4.69) is 5.32 Å². The molecule has 0 aliphatic heterocycles. The summed E-state index contributed by atoms with van der Waals surface area (Å²) in [5, 5.41) is 7.93. The Hall–Kier alpha value is -1.31. The van der Waals surface area contributed by atoms with Gasteiger partial charge in [-0.1, -0.05) is 12.1 Å². The number of rotatable bonds is 8. The highest BCUT2D eigenvalue weighted by molar-refractivity contribution is 7.89. The largest absolute Gasteiger partial charge is 0.493 e. The van der Waals surface area contributed by atoms with Crippen LogP contribution in [-0.2, 0) is 16.6 Å². The van der Waals surface area contributed by atoms with Crippen LogP contribution in [0.15, 0.2) is 18.2 Å². The smallest absolute Gasteiger partial charge is 0.210 e. The van der Waals surface area contributed by atoms with Gasteiger partial charge in [0.15, 0.2) is 11.5 Å². The van der Waals surface area contributed by atoms with Crippen molar-refractivity contribution in [1.82, 2.24) is 5.32 Å². The predicted octanol–water partition coefficient (Wildman–Crippen LogP) is 0.472. The highest BCUT2D eigenvalue weighted by atomic mass is 32.2. The molecule has 0 spiro atoms. The van der Waals surface area contributed by atoms with Gasteiger partial charge in [0.05, 0.1) is 19.5 Å². The van der Waals surface area contributed by atoms with Gasteiger partial charge in [-0.3, -0.25) is 0 Å². The lowest BCUT2D eigenvalue weighted by atomic mass is 10.2. The molecule has 0 radical (unpaired) electrons. The number of nitrogens with one attached hydrogen (secondary N) is 1. The summed E-state index contributed by atoms with van der Waals surface area (Å²) in [5.41, 5.74) is 0.905. The van der Waals surface area contributed by atoms with Crippen molar-refractivity contribution in [1.29, 1.82) is 0 Å². The molecule has 0 fully saturated rings. The number of methoxy groups -OCH3 is 1. The van der Waals surface area contributed by atoms with Gasteiger partial charge in [-0.2, -0.15) is 0 Å². The summed E-state index contributed by atoms with van der Waals surface area (Å²) < 4.78 is 32.4. The first-order valence-corrected chi connectivity index (χ1v) is 7.69. The Kier molecular flexibility index (Phi) is 6.07. The number of hydrogen-bond donors (Lipinski definition) is 2. The number of para-hydroxylation sites is 1. The van der Waals surface area contributed by atoms with Crippen LogP contribution in [-0.4, -0.2) is 34.4 Å². The molecule has 0 aliphatic rings. The highest BCUT2D eigenvalue weighted by Gasteiger charge is 2.09. The normalized spacial score (nSPS) is 11.3. The maximum atomic E-state index is 10.8. The lowest BCUT2D eigenvalue weighted by Gasteiger charge is -2.14. The lowest BCUT2D eigenvalue weighted by molar-refractivity contribution is 0.308. The molecule has 1 rings (SSSR count). The Morgan fingerprint density at radius 1 is 1.37 bits per heavy atom. The van der Waals surface area contributed by atoms with E-state index in [1.165, 1.54) is 0 Å². The van der Waals surface area contributed by atoms with Crippen molar-refractivity contribution < 1.29 is 17.9 Å². The fraction of sp³-hybridized carbons (Fsp3) is 0.500. The molecule has 0 heterocycles. The van der Waals surface area contributed by atoms with Crippen molar-refractivity contribution in [3.05, 3.63) is 23.8 Å². The first-order chi connectivity index (χ1) is 8.98. The van der Waals surface area contributed by atoms with Crippen LogP contribution in [0.3, 0.4) is 0 Å². The monoisotopic (exact) mass is 288 g/mol. The number of benzene rings is 1.